The van der Waals surface area contributed by atoms with E-state index in [1.807, 2.05) is 11.9 Å². The third-order valence-corrected chi connectivity index (χ3v) is 5.52. The maximum Gasteiger partial charge on any atom is 0.419 e. The van der Waals surface area contributed by atoms with E-state index >= 15 is 0 Å². The number of fused-ring (bicyclic) bond motifs is 1. The van der Waals surface area contributed by atoms with Crippen molar-refractivity contribution in [1.82, 2.24) is 20.0 Å². The molecule has 0 bridgehead atoms. The van der Waals surface area contributed by atoms with Crippen LogP contribution >= 0.6 is 0 Å². The molecule has 0 aliphatic carbocycles. The van der Waals surface area contributed by atoms with E-state index in [1.165, 1.54) is 23.0 Å². The third kappa shape index (κ3) is 4.45. The number of pyridine rings is 1. The molecule has 0 fully saturated rings. The van der Waals surface area contributed by atoms with E-state index in [1.54, 1.807) is 19.9 Å². The Labute approximate surface area is 186 Å². The van der Waals surface area contributed by atoms with Gasteiger partial charge in [0.25, 0.3) is 0 Å². The van der Waals surface area contributed by atoms with Crippen molar-refractivity contribution in [1.29, 1.82) is 0 Å². The first-order chi connectivity index (χ1) is 15.5. The van der Waals surface area contributed by atoms with Gasteiger partial charge in [0.05, 0.1) is 41.9 Å². The lowest BCUT2D eigenvalue weighted by atomic mass is 10.1. The molecule has 8 nitrogen and oxygen atoms in total. The van der Waals surface area contributed by atoms with Gasteiger partial charge in [0.15, 0.2) is 0 Å². The average Bonchev–Trinajstić information content (AvgIpc) is 3.18. The second-order valence-electron chi connectivity index (χ2n) is 7.80. The second kappa shape index (κ2) is 8.34. The number of nitrogens with zero attached hydrogens (tertiary/aromatic N) is 5. The lowest BCUT2D eigenvalue weighted by Crippen LogP contribution is -2.44. The van der Waals surface area contributed by atoms with E-state index in [0.717, 1.165) is 11.8 Å². The number of carbonyl (C=O) groups is 1. The molecule has 0 radical (unpaired) electrons. The summed E-state index contributed by atoms with van der Waals surface area (Å²) < 4.78 is 54.7. The number of carbonyl (C=O) groups excluding carboxylic acids is 1. The number of halogens is 4. The van der Waals surface area contributed by atoms with Crippen LogP contribution in [0.3, 0.4) is 0 Å². The number of hydrogen-bond acceptors (Lipinski definition) is 6. The summed E-state index contributed by atoms with van der Waals surface area (Å²) in [7, 11) is 1.82. The van der Waals surface area contributed by atoms with Crippen molar-refractivity contribution >= 4 is 23.1 Å². The van der Waals surface area contributed by atoms with E-state index in [0.29, 0.717) is 22.9 Å². The molecular formula is C21H21F4N7O. The van der Waals surface area contributed by atoms with Crippen molar-refractivity contribution in [3.8, 4) is 0 Å². The van der Waals surface area contributed by atoms with Gasteiger partial charge >= 0.3 is 6.18 Å². The van der Waals surface area contributed by atoms with Gasteiger partial charge in [-0.1, -0.05) is 17.3 Å². The highest BCUT2D eigenvalue weighted by molar-refractivity contribution is 6.04. The number of anilines is 3. The van der Waals surface area contributed by atoms with Gasteiger partial charge in [-0.25, -0.2) is 14.1 Å². The number of hydrogen-bond donors (Lipinski definition) is 2. The summed E-state index contributed by atoms with van der Waals surface area (Å²) in [5.74, 6) is -0.897. The molecule has 12 heteroatoms. The van der Waals surface area contributed by atoms with Crippen LogP contribution < -0.4 is 15.5 Å². The number of aromatic nitrogens is 4. The molecule has 2 aromatic heterocycles. The predicted molar refractivity (Wildman–Crippen MR) is 113 cm³/mol. The molecule has 4 rings (SSSR count). The number of rotatable bonds is 5. The van der Waals surface area contributed by atoms with Gasteiger partial charge in [0.1, 0.15) is 23.4 Å². The van der Waals surface area contributed by atoms with E-state index in [4.69, 9.17) is 0 Å². The fraction of sp³-hybridized carbons (Fsp3) is 0.333. The normalized spacial score (nSPS) is 15.9. The Balaban J connectivity index is 1.49. The standard InChI is InChI=1S/C21H21F4N7O/c1-11-19-16(31(3)12(2)20(33)28-19)7-17(27-11)26-8-14-10-32(30-29-14)9-13-5-4-6-15(22)18(13)21(23,24)25/h4-7,10,12H,8-9H2,1-3H3,(H,26,27)(H,28,33)/t12-/m0/s1. The van der Waals surface area contributed by atoms with Gasteiger partial charge < -0.3 is 15.5 Å². The van der Waals surface area contributed by atoms with Crippen molar-refractivity contribution in [3.63, 3.8) is 0 Å². The smallest absolute Gasteiger partial charge is 0.364 e. The highest BCUT2D eigenvalue weighted by atomic mass is 19.4. The van der Waals surface area contributed by atoms with E-state index in [2.05, 4.69) is 25.9 Å². The molecule has 3 aromatic rings. The fourth-order valence-electron chi connectivity index (χ4n) is 3.66. The summed E-state index contributed by atoms with van der Waals surface area (Å²) >= 11 is 0. The maximum absolute atomic E-state index is 13.8. The first kappa shape index (κ1) is 22.5. The molecule has 0 saturated heterocycles. The zero-order valence-corrected chi connectivity index (χ0v) is 18.0. The quantitative estimate of drug-likeness (QED) is 0.563. The summed E-state index contributed by atoms with van der Waals surface area (Å²) in [6, 6.07) is 4.67. The number of nitrogens with one attached hydrogen (secondary N) is 2. The molecule has 1 aromatic carbocycles. The van der Waals surface area contributed by atoms with Gasteiger partial charge in [0.2, 0.25) is 5.91 Å². The molecule has 174 valence electrons. The highest BCUT2D eigenvalue weighted by Gasteiger charge is 2.36. The number of amides is 1. The van der Waals surface area contributed by atoms with Gasteiger partial charge in [0, 0.05) is 13.1 Å². The second-order valence-corrected chi connectivity index (χ2v) is 7.80. The van der Waals surface area contributed by atoms with Crippen LogP contribution in [0.1, 0.15) is 29.4 Å². The lowest BCUT2D eigenvalue weighted by Gasteiger charge is -2.34. The summed E-state index contributed by atoms with van der Waals surface area (Å²) in [5.41, 5.74) is 1.01. The molecule has 1 amide bonds. The summed E-state index contributed by atoms with van der Waals surface area (Å²) in [4.78, 5) is 18.3. The van der Waals surface area contributed by atoms with Crippen LogP contribution in [0.15, 0.2) is 30.5 Å². The number of benzene rings is 1. The van der Waals surface area contributed by atoms with Crippen LogP contribution in [0.4, 0.5) is 34.8 Å². The number of aryl methyl sites for hydroxylation is 1. The molecule has 0 saturated carbocycles. The molecule has 2 N–H and O–H groups in total. The van der Waals surface area contributed by atoms with Crippen molar-refractivity contribution < 1.29 is 22.4 Å². The third-order valence-electron chi connectivity index (χ3n) is 5.52. The zero-order chi connectivity index (χ0) is 23.9. The monoisotopic (exact) mass is 463 g/mol. The minimum atomic E-state index is -4.81. The van der Waals surface area contributed by atoms with Gasteiger partial charge in [-0.15, -0.1) is 5.10 Å². The maximum atomic E-state index is 13.8. The molecule has 0 unspecified atom stereocenters. The minimum Gasteiger partial charge on any atom is -0.364 e. The predicted octanol–water partition coefficient (Wildman–Crippen LogP) is 3.58. The Morgan fingerprint density at radius 1 is 1.27 bits per heavy atom. The lowest BCUT2D eigenvalue weighted by molar-refractivity contribution is -0.140. The first-order valence-electron chi connectivity index (χ1n) is 10.1. The van der Waals surface area contributed by atoms with Crippen molar-refractivity contribution in [2.24, 2.45) is 0 Å². The van der Waals surface area contributed by atoms with Crippen molar-refractivity contribution in [2.75, 3.05) is 22.6 Å². The van der Waals surface area contributed by atoms with Crippen LogP contribution in [0, 0.1) is 12.7 Å². The molecule has 1 aliphatic heterocycles. The Hall–Kier alpha value is -3.70. The summed E-state index contributed by atoms with van der Waals surface area (Å²) in [5, 5.41) is 13.8. The molecule has 33 heavy (non-hydrogen) atoms. The van der Waals surface area contributed by atoms with Crippen LogP contribution in [-0.4, -0.2) is 39.0 Å². The van der Waals surface area contributed by atoms with E-state index < -0.39 is 17.6 Å². The molecule has 1 atom stereocenters. The van der Waals surface area contributed by atoms with Crippen LogP contribution in [0.5, 0.6) is 0 Å². The van der Waals surface area contributed by atoms with Crippen LogP contribution in [-0.2, 0) is 24.1 Å². The molecular weight excluding hydrogens is 442 g/mol. The largest absolute Gasteiger partial charge is 0.419 e. The molecule has 3 heterocycles. The topological polar surface area (TPSA) is 88.0 Å². The SMILES string of the molecule is Cc1nc(NCc2cn(Cc3cccc(F)c3C(F)(F)F)nn2)cc2c1NC(=O)[C@H](C)N2C. The Bertz CT molecular complexity index is 1210. The van der Waals surface area contributed by atoms with Crippen LogP contribution in [0.25, 0.3) is 0 Å². The van der Waals surface area contributed by atoms with Crippen molar-refractivity contribution in [2.45, 2.75) is 39.2 Å². The average molecular weight is 463 g/mol. The van der Waals surface area contributed by atoms with Crippen LogP contribution in [0.2, 0.25) is 0 Å². The van der Waals surface area contributed by atoms with Gasteiger partial charge in [-0.2, -0.15) is 13.2 Å². The Morgan fingerprint density at radius 3 is 2.76 bits per heavy atom. The van der Waals surface area contributed by atoms with Gasteiger partial charge in [-0.3, -0.25) is 4.79 Å². The van der Waals surface area contributed by atoms with Crippen molar-refractivity contribution in [3.05, 3.63) is 58.8 Å². The van der Waals surface area contributed by atoms with Gasteiger partial charge in [-0.05, 0) is 25.5 Å². The molecule has 1 aliphatic rings. The number of likely N-dealkylation sites (N-methyl/N-ethyl adjacent to an activating group) is 1. The Morgan fingerprint density at radius 2 is 2.03 bits per heavy atom. The zero-order valence-electron chi connectivity index (χ0n) is 18.0. The van der Waals surface area contributed by atoms with E-state index in [-0.39, 0.29) is 30.6 Å². The summed E-state index contributed by atoms with van der Waals surface area (Å²) in [6.07, 6.45) is -3.33. The molecule has 0 spiro atoms. The van der Waals surface area contributed by atoms with E-state index in [9.17, 15) is 22.4 Å². The number of alkyl halides is 3. The minimum absolute atomic E-state index is 0.112. The highest BCUT2D eigenvalue weighted by Crippen LogP contribution is 2.35. The Kier molecular flexibility index (Phi) is 5.68. The first-order valence-corrected chi connectivity index (χ1v) is 10.1. The summed E-state index contributed by atoms with van der Waals surface area (Å²) in [6.45, 7) is 3.51. The fourth-order valence-corrected chi connectivity index (χ4v) is 3.66.